The van der Waals surface area contributed by atoms with E-state index in [0.29, 0.717) is 12.1 Å². The Labute approximate surface area is 122 Å². The van der Waals surface area contributed by atoms with Crippen LogP contribution in [0.3, 0.4) is 0 Å². The van der Waals surface area contributed by atoms with Gasteiger partial charge in [-0.3, -0.25) is 4.79 Å². The van der Waals surface area contributed by atoms with Gasteiger partial charge in [-0.05, 0) is 30.8 Å². The standard InChI is InChI=1S/C16H16N4O/c1-17-10-12-6-2-3-7-14(12)19-16(21)13-11-18-20-9-5-4-8-15(13)20/h2-9,11,17H,10H2,1H3,(H,19,21). The minimum atomic E-state index is -0.153. The van der Waals surface area contributed by atoms with E-state index in [1.54, 1.807) is 10.7 Å². The SMILES string of the molecule is CNCc1ccccc1NC(=O)c1cnn2ccccc12. The van der Waals surface area contributed by atoms with E-state index in [1.807, 2.05) is 55.7 Å². The van der Waals surface area contributed by atoms with Crippen LogP contribution in [0.25, 0.3) is 5.52 Å². The van der Waals surface area contributed by atoms with Gasteiger partial charge >= 0.3 is 0 Å². The fourth-order valence-electron chi connectivity index (χ4n) is 2.29. The lowest BCUT2D eigenvalue weighted by Crippen LogP contribution is -2.15. The number of hydrogen-bond donors (Lipinski definition) is 2. The van der Waals surface area contributed by atoms with Gasteiger partial charge in [0.15, 0.2) is 0 Å². The Hall–Kier alpha value is -2.66. The van der Waals surface area contributed by atoms with Gasteiger partial charge < -0.3 is 10.6 Å². The fraction of sp³-hybridized carbons (Fsp3) is 0.125. The second-order valence-corrected chi connectivity index (χ2v) is 4.73. The number of aromatic nitrogens is 2. The van der Waals surface area contributed by atoms with Crippen LogP contribution >= 0.6 is 0 Å². The topological polar surface area (TPSA) is 58.4 Å². The number of rotatable bonds is 4. The summed E-state index contributed by atoms with van der Waals surface area (Å²) in [6, 6.07) is 13.4. The molecule has 0 aliphatic carbocycles. The molecule has 21 heavy (non-hydrogen) atoms. The van der Waals surface area contributed by atoms with E-state index < -0.39 is 0 Å². The molecule has 3 aromatic rings. The van der Waals surface area contributed by atoms with E-state index in [-0.39, 0.29) is 5.91 Å². The van der Waals surface area contributed by atoms with Gasteiger partial charge in [-0.1, -0.05) is 24.3 Å². The van der Waals surface area contributed by atoms with Crippen molar-refractivity contribution in [2.75, 3.05) is 12.4 Å². The monoisotopic (exact) mass is 280 g/mol. The summed E-state index contributed by atoms with van der Waals surface area (Å²) in [7, 11) is 1.88. The smallest absolute Gasteiger partial charge is 0.259 e. The highest BCUT2D eigenvalue weighted by atomic mass is 16.1. The maximum atomic E-state index is 12.5. The quantitative estimate of drug-likeness (QED) is 0.771. The summed E-state index contributed by atoms with van der Waals surface area (Å²) >= 11 is 0. The van der Waals surface area contributed by atoms with Gasteiger partial charge in [-0.2, -0.15) is 5.10 Å². The van der Waals surface area contributed by atoms with Crippen LogP contribution in [0.5, 0.6) is 0 Å². The number of amides is 1. The third-order valence-corrected chi connectivity index (χ3v) is 3.30. The number of nitrogens with zero attached hydrogens (tertiary/aromatic N) is 2. The van der Waals surface area contributed by atoms with Crippen LogP contribution < -0.4 is 10.6 Å². The minimum Gasteiger partial charge on any atom is -0.322 e. The van der Waals surface area contributed by atoms with Crippen LogP contribution in [0.15, 0.2) is 54.9 Å². The highest BCUT2D eigenvalue weighted by molar-refractivity contribution is 6.09. The summed E-state index contributed by atoms with van der Waals surface area (Å²) in [5.41, 5.74) is 3.22. The number of carbonyl (C=O) groups is 1. The second kappa shape index (κ2) is 5.76. The van der Waals surface area contributed by atoms with Crippen molar-refractivity contribution >= 4 is 17.1 Å². The highest BCUT2D eigenvalue weighted by Gasteiger charge is 2.13. The molecule has 2 N–H and O–H groups in total. The fourth-order valence-corrected chi connectivity index (χ4v) is 2.29. The molecule has 5 heteroatoms. The number of anilines is 1. The van der Waals surface area contributed by atoms with Crippen LogP contribution in [-0.4, -0.2) is 22.6 Å². The minimum absolute atomic E-state index is 0.153. The molecule has 5 nitrogen and oxygen atoms in total. The number of benzene rings is 1. The van der Waals surface area contributed by atoms with Gasteiger partial charge in [0.25, 0.3) is 5.91 Å². The van der Waals surface area contributed by atoms with E-state index in [9.17, 15) is 4.79 Å². The summed E-state index contributed by atoms with van der Waals surface area (Å²) in [6.45, 7) is 0.700. The van der Waals surface area contributed by atoms with Crippen molar-refractivity contribution < 1.29 is 4.79 Å². The third-order valence-electron chi connectivity index (χ3n) is 3.30. The van der Waals surface area contributed by atoms with Crippen molar-refractivity contribution in [2.45, 2.75) is 6.54 Å². The van der Waals surface area contributed by atoms with Gasteiger partial charge in [0.05, 0.1) is 17.3 Å². The Morgan fingerprint density at radius 2 is 2.00 bits per heavy atom. The normalized spacial score (nSPS) is 10.7. The van der Waals surface area contributed by atoms with Crippen molar-refractivity contribution in [3.05, 3.63) is 66.0 Å². The van der Waals surface area contributed by atoms with Crippen LogP contribution in [0.4, 0.5) is 5.69 Å². The first-order chi connectivity index (χ1) is 10.3. The largest absolute Gasteiger partial charge is 0.322 e. The maximum Gasteiger partial charge on any atom is 0.259 e. The third kappa shape index (κ3) is 2.64. The molecule has 0 unspecified atom stereocenters. The molecule has 1 aromatic carbocycles. The van der Waals surface area contributed by atoms with Crippen LogP contribution in [0.2, 0.25) is 0 Å². The summed E-state index contributed by atoms with van der Waals surface area (Å²) in [4.78, 5) is 12.5. The Balaban J connectivity index is 1.90. The van der Waals surface area contributed by atoms with Crippen LogP contribution in [0.1, 0.15) is 15.9 Å². The Morgan fingerprint density at radius 1 is 1.19 bits per heavy atom. The molecule has 0 atom stereocenters. The first-order valence-electron chi connectivity index (χ1n) is 6.76. The molecule has 0 saturated heterocycles. The summed E-state index contributed by atoms with van der Waals surface area (Å²) in [5, 5.41) is 10.2. The average Bonchev–Trinajstić information content (AvgIpc) is 2.93. The van der Waals surface area contributed by atoms with E-state index in [2.05, 4.69) is 15.7 Å². The first kappa shape index (κ1) is 13.3. The predicted molar refractivity (Wildman–Crippen MR) is 82.4 cm³/mol. The second-order valence-electron chi connectivity index (χ2n) is 4.73. The van der Waals surface area contributed by atoms with Crippen molar-refractivity contribution in [3.8, 4) is 0 Å². The molecular weight excluding hydrogens is 264 g/mol. The Bertz CT molecular complexity index is 779. The zero-order valence-electron chi connectivity index (χ0n) is 11.7. The number of fused-ring (bicyclic) bond motifs is 1. The van der Waals surface area contributed by atoms with E-state index >= 15 is 0 Å². The Kier molecular flexibility index (Phi) is 3.66. The molecule has 0 aliphatic heterocycles. The molecule has 0 radical (unpaired) electrons. The molecule has 2 aromatic heterocycles. The predicted octanol–water partition coefficient (Wildman–Crippen LogP) is 2.31. The molecule has 2 heterocycles. The summed E-state index contributed by atoms with van der Waals surface area (Å²) in [6.07, 6.45) is 3.41. The molecule has 1 amide bonds. The number of nitrogens with one attached hydrogen (secondary N) is 2. The first-order valence-corrected chi connectivity index (χ1v) is 6.76. The summed E-state index contributed by atoms with van der Waals surface area (Å²) in [5.74, 6) is -0.153. The molecule has 0 spiro atoms. The van der Waals surface area contributed by atoms with Crippen LogP contribution in [-0.2, 0) is 6.54 Å². The van der Waals surface area contributed by atoms with Gasteiger partial charge in [0, 0.05) is 18.4 Å². The van der Waals surface area contributed by atoms with E-state index in [4.69, 9.17) is 0 Å². The molecular formula is C16H16N4O. The number of para-hydroxylation sites is 1. The number of hydrogen-bond acceptors (Lipinski definition) is 3. The summed E-state index contributed by atoms with van der Waals surface area (Å²) < 4.78 is 1.69. The van der Waals surface area contributed by atoms with E-state index in [1.165, 1.54) is 0 Å². The van der Waals surface area contributed by atoms with Crippen molar-refractivity contribution in [2.24, 2.45) is 0 Å². The van der Waals surface area contributed by atoms with Crippen LogP contribution in [0, 0.1) is 0 Å². The van der Waals surface area contributed by atoms with Crippen molar-refractivity contribution in [1.82, 2.24) is 14.9 Å². The molecule has 106 valence electrons. The number of carbonyl (C=O) groups excluding carboxylic acids is 1. The zero-order valence-corrected chi connectivity index (χ0v) is 11.7. The lowest BCUT2D eigenvalue weighted by molar-refractivity contribution is 0.102. The van der Waals surface area contributed by atoms with Crippen molar-refractivity contribution in [3.63, 3.8) is 0 Å². The Morgan fingerprint density at radius 3 is 2.86 bits per heavy atom. The van der Waals surface area contributed by atoms with Gasteiger partial charge in [0.2, 0.25) is 0 Å². The average molecular weight is 280 g/mol. The molecule has 3 rings (SSSR count). The highest BCUT2D eigenvalue weighted by Crippen LogP contribution is 2.17. The molecule has 0 aliphatic rings. The van der Waals surface area contributed by atoms with Gasteiger partial charge in [-0.15, -0.1) is 0 Å². The zero-order chi connectivity index (χ0) is 14.7. The van der Waals surface area contributed by atoms with E-state index in [0.717, 1.165) is 16.8 Å². The lowest BCUT2D eigenvalue weighted by atomic mass is 10.1. The molecule has 0 bridgehead atoms. The molecule has 0 fully saturated rings. The van der Waals surface area contributed by atoms with Crippen molar-refractivity contribution in [1.29, 1.82) is 0 Å². The number of pyridine rings is 1. The maximum absolute atomic E-state index is 12.5. The molecule has 0 saturated carbocycles. The van der Waals surface area contributed by atoms with Gasteiger partial charge in [0.1, 0.15) is 0 Å². The lowest BCUT2D eigenvalue weighted by Gasteiger charge is -2.10. The van der Waals surface area contributed by atoms with Gasteiger partial charge in [-0.25, -0.2) is 4.52 Å².